The minimum absolute atomic E-state index is 0.0478. The van der Waals surface area contributed by atoms with Gasteiger partial charge in [-0.2, -0.15) is 0 Å². The Bertz CT molecular complexity index is 1390. The number of anilines is 1. The monoisotopic (exact) mass is 491 g/mol. The van der Waals surface area contributed by atoms with Gasteiger partial charge in [0.05, 0.1) is 5.56 Å². The fraction of sp³-hybridized carbons (Fsp3) is 0.296. The number of benzene rings is 2. The molecule has 1 aromatic heterocycles. The molecular formula is C27H26ClN3O2S. The highest BCUT2D eigenvalue weighted by Gasteiger charge is 2.42. The number of hydrogen-bond acceptors (Lipinski definition) is 5. The molecule has 5 nitrogen and oxygen atoms in total. The van der Waals surface area contributed by atoms with Gasteiger partial charge >= 0.3 is 0 Å². The van der Waals surface area contributed by atoms with Crippen LogP contribution in [0.2, 0.25) is 5.02 Å². The van der Waals surface area contributed by atoms with Crippen molar-refractivity contribution >= 4 is 35.0 Å². The van der Waals surface area contributed by atoms with E-state index < -0.39 is 5.92 Å². The van der Waals surface area contributed by atoms with Crippen molar-refractivity contribution < 1.29 is 4.79 Å². The van der Waals surface area contributed by atoms with Crippen molar-refractivity contribution in [2.24, 2.45) is 5.41 Å². The third-order valence-electron chi connectivity index (χ3n) is 6.37. The first-order valence-electron chi connectivity index (χ1n) is 11.3. The summed E-state index contributed by atoms with van der Waals surface area (Å²) in [7, 11) is 0. The Kier molecular flexibility index (Phi) is 5.90. The van der Waals surface area contributed by atoms with Gasteiger partial charge in [-0.1, -0.05) is 85.2 Å². The van der Waals surface area contributed by atoms with E-state index in [0.717, 1.165) is 16.8 Å². The summed E-state index contributed by atoms with van der Waals surface area (Å²) in [6.45, 7) is 6.24. The quantitative estimate of drug-likeness (QED) is 0.334. The van der Waals surface area contributed by atoms with Crippen molar-refractivity contribution in [3.63, 3.8) is 0 Å². The highest BCUT2D eigenvalue weighted by atomic mass is 35.5. The molecule has 2 aromatic carbocycles. The van der Waals surface area contributed by atoms with Crippen molar-refractivity contribution in [3.05, 3.63) is 97.4 Å². The van der Waals surface area contributed by atoms with Gasteiger partial charge in [0.2, 0.25) is 0 Å². The van der Waals surface area contributed by atoms with Crippen molar-refractivity contribution in [2.75, 3.05) is 5.32 Å². The van der Waals surface area contributed by atoms with E-state index in [1.807, 2.05) is 24.3 Å². The molecule has 174 valence electrons. The van der Waals surface area contributed by atoms with Gasteiger partial charge in [0.1, 0.15) is 5.82 Å². The van der Waals surface area contributed by atoms with Crippen molar-refractivity contribution in [1.29, 1.82) is 0 Å². The molecular weight excluding hydrogens is 466 g/mol. The summed E-state index contributed by atoms with van der Waals surface area (Å²) in [4.78, 5) is 34.5. The maximum absolute atomic E-state index is 13.4. The number of Topliss-reactive ketones (excluding diaryl/α,β-unsaturated/α-hetero) is 1. The maximum Gasteiger partial charge on any atom is 0.257 e. The minimum Gasteiger partial charge on any atom is -0.343 e. The number of carbonyl (C=O) groups is 1. The predicted octanol–water partition coefficient (Wildman–Crippen LogP) is 6.22. The lowest BCUT2D eigenvalue weighted by atomic mass is 9.69. The van der Waals surface area contributed by atoms with Crippen LogP contribution >= 0.6 is 23.4 Å². The van der Waals surface area contributed by atoms with E-state index in [1.54, 1.807) is 6.07 Å². The first-order valence-corrected chi connectivity index (χ1v) is 12.7. The number of carbonyl (C=O) groups excluding carboxylic acids is 1. The number of nitrogens with zero attached hydrogens (tertiary/aromatic N) is 1. The number of halogens is 1. The van der Waals surface area contributed by atoms with Crippen LogP contribution in [0.15, 0.2) is 69.8 Å². The number of aromatic amines is 1. The van der Waals surface area contributed by atoms with Gasteiger partial charge in [0.15, 0.2) is 10.9 Å². The molecule has 0 bridgehead atoms. The Morgan fingerprint density at radius 3 is 2.68 bits per heavy atom. The number of thioether (sulfide) groups is 1. The zero-order valence-electron chi connectivity index (χ0n) is 19.4. The zero-order chi connectivity index (χ0) is 24.0. The standard InChI is InChI=1S/C27H26ClN3O2S/c1-15-7-6-8-16(11-15)14-34-26-30-24-23(25(33)31-26)21(17-9-4-5-10-18(17)28)22-19(29-24)12-27(2,3)13-20(22)32/h4-11,21H,12-14H2,1-3H3,(H2,29,30,31,33)/t21-/m0/s1. The number of allylic oxidation sites excluding steroid dienone is 2. The second-order valence-electron chi connectivity index (χ2n) is 9.82. The molecule has 1 aliphatic carbocycles. The molecule has 2 heterocycles. The zero-order valence-corrected chi connectivity index (χ0v) is 20.9. The fourth-order valence-electron chi connectivity index (χ4n) is 4.94. The number of ketones is 1. The molecule has 0 spiro atoms. The molecule has 0 radical (unpaired) electrons. The number of H-pyrrole nitrogens is 1. The van der Waals surface area contributed by atoms with Gasteiger partial charge < -0.3 is 10.3 Å². The molecule has 3 aromatic rings. The van der Waals surface area contributed by atoms with Crippen LogP contribution in [0, 0.1) is 12.3 Å². The van der Waals surface area contributed by atoms with Crippen molar-refractivity contribution in [2.45, 2.75) is 50.4 Å². The van der Waals surface area contributed by atoms with Crippen LogP contribution in [0.25, 0.3) is 0 Å². The van der Waals surface area contributed by atoms with Crippen molar-refractivity contribution in [3.8, 4) is 0 Å². The Hall–Kier alpha value is -2.83. The largest absolute Gasteiger partial charge is 0.343 e. The highest BCUT2D eigenvalue weighted by molar-refractivity contribution is 7.98. The van der Waals surface area contributed by atoms with Crippen LogP contribution in [0.4, 0.5) is 5.82 Å². The fourth-order valence-corrected chi connectivity index (χ4v) is 5.98. The van der Waals surface area contributed by atoms with Gasteiger partial charge in [-0.05, 0) is 36.0 Å². The van der Waals surface area contributed by atoms with E-state index in [-0.39, 0.29) is 16.8 Å². The summed E-state index contributed by atoms with van der Waals surface area (Å²) >= 11 is 8.07. The van der Waals surface area contributed by atoms with Gasteiger partial charge in [-0.3, -0.25) is 9.59 Å². The topological polar surface area (TPSA) is 74.8 Å². The van der Waals surface area contributed by atoms with E-state index in [2.05, 4.69) is 49.3 Å². The summed E-state index contributed by atoms with van der Waals surface area (Å²) in [6.07, 6.45) is 1.13. The van der Waals surface area contributed by atoms with Crippen LogP contribution in [-0.4, -0.2) is 15.8 Å². The normalized spacial score (nSPS) is 18.8. The number of aryl methyl sites for hydroxylation is 1. The lowest BCUT2D eigenvalue weighted by Crippen LogP contribution is -2.37. The molecule has 0 amide bonds. The van der Waals surface area contributed by atoms with E-state index >= 15 is 0 Å². The summed E-state index contributed by atoms with van der Waals surface area (Å²) in [5.41, 5.74) is 4.60. The number of hydrogen-bond donors (Lipinski definition) is 2. The number of rotatable bonds is 4. The molecule has 34 heavy (non-hydrogen) atoms. The smallest absolute Gasteiger partial charge is 0.257 e. The Labute approximate surface area is 208 Å². The SMILES string of the molecule is Cc1cccc(CSc2nc3c(c(=O)[nH]2)[C@@H](c2ccccc2Cl)C2=C(CC(C)(C)CC2=O)N3)c1. The minimum atomic E-state index is -0.546. The lowest BCUT2D eigenvalue weighted by molar-refractivity contribution is -0.118. The molecule has 0 saturated heterocycles. The lowest BCUT2D eigenvalue weighted by Gasteiger charge is -2.38. The van der Waals surface area contributed by atoms with Crippen LogP contribution in [0.1, 0.15) is 54.9 Å². The summed E-state index contributed by atoms with van der Waals surface area (Å²) in [5, 5.41) is 4.44. The molecule has 0 unspecified atom stereocenters. The first-order chi connectivity index (χ1) is 16.2. The highest BCUT2D eigenvalue weighted by Crippen LogP contribution is 2.48. The Morgan fingerprint density at radius 2 is 1.91 bits per heavy atom. The van der Waals surface area contributed by atoms with Crippen LogP contribution in [-0.2, 0) is 10.5 Å². The van der Waals surface area contributed by atoms with Gasteiger partial charge in [-0.15, -0.1) is 0 Å². The van der Waals surface area contributed by atoms with E-state index in [0.29, 0.717) is 45.7 Å². The van der Waals surface area contributed by atoms with Crippen LogP contribution in [0.3, 0.4) is 0 Å². The molecule has 2 aliphatic rings. The number of fused-ring (bicyclic) bond motifs is 1. The molecule has 0 fully saturated rings. The maximum atomic E-state index is 13.4. The second kappa shape index (κ2) is 8.75. The molecule has 1 aliphatic heterocycles. The third-order valence-corrected chi connectivity index (χ3v) is 7.66. The van der Waals surface area contributed by atoms with E-state index in [1.165, 1.54) is 17.3 Å². The summed E-state index contributed by atoms with van der Waals surface area (Å²) < 4.78 is 0. The van der Waals surface area contributed by atoms with Crippen LogP contribution in [0.5, 0.6) is 0 Å². The van der Waals surface area contributed by atoms with Gasteiger partial charge in [0, 0.05) is 34.4 Å². The van der Waals surface area contributed by atoms with E-state index in [4.69, 9.17) is 16.6 Å². The van der Waals surface area contributed by atoms with Crippen molar-refractivity contribution in [1.82, 2.24) is 9.97 Å². The van der Waals surface area contributed by atoms with Gasteiger partial charge in [-0.25, -0.2) is 4.98 Å². The average Bonchev–Trinajstić information content (AvgIpc) is 2.76. The molecule has 0 saturated carbocycles. The molecule has 1 atom stereocenters. The predicted molar refractivity (Wildman–Crippen MR) is 138 cm³/mol. The van der Waals surface area contributed by atoms with E-state index in [9.17, 15) is 9.59 Å². The first kappa shape index (κ1) is 22.9. The Balaban J connectivity index is 1.60. The summed E-state index contributed by atoms with van der Waals surface area (Å²) in [6, 6.07) is 15.7. The number of nitrogens with one attached hydrogen (secondary N) is 2. The summed E-state index contributed by atoms with van der Waals surface area (Å²) in [5.74, 6) is 0.698. The average molecular weight is 492 g/mol. The second-order valence-corrected chi connectivity index (χ2v) is 11.2. The number of aromatic nitrogens is 2. The Morgan fingerprint density at radius 1 is 1.12 bits per heavy atom. The van der Waals surface area contributed by atoms with Gasteiger partial charge in [0.25, 0.3) is 5.56 Å². The van der Waals surface area contributed by atoms with Crippen LogP contribution < -0.4 is 10.9 Å². The molecule has 5 rings (SSSR count). The third kappa shape index (κ3) is 4.32. The molecule has 7 heteroatoms. The molecule has 2 N–H and O–H groups in total.